The number of nitro benzene ring substituents is 1. The number of nitrogens with zero attached hydrogens (tertiary/aromatic N) is 2. The van der Waals surface area contributed by atoms with Crippen molar-refractivity contribution >= 4 is 17.3 Å². The third kappa shape index (κ3) is 3.01. The summed E-state index contributed by atoms with van der Waals surface area (Å²) in [6.07, 6.45) is 0. The first-order chi connectivity index (χ1) is 7.73. The molecule has 0 spiro atoms. The van der Waals surface area contributed by atoms with Gasteiger partial charge in [0.2, 0.25) is 0 Å². The highest BCUT2D eigenvalue weighted by Crippen LogP contribution is 2.20. The number of carbonyl (C=O) groups excluding carboxylic acids is 1. The number of non-ortho nitro benzene ring substituents is 1. The van der Waals surface area contributed by atoms with Gasteiger partial charge in [0.05, 0.1) is 4.92 Å². The molecular weight excluding hydrogens is 224 g/mol. The van der Waals surface area contributed by atoms with E-state index in [9.17, 15) is 20.0 Å². The van der Waals surface area contributed by atoms with Crippen LogP contribution in [0.4, 0.5) is 11.4 Å². The molecule has 1 N–H and O–H groups in total. The smallest absolute Gasteiger partial charge is 0.269 e. The summed E-state index contributed by atoms with van der Waals surface area (Å²) in [4.78, 5) is 22.9. The Morgan fingerprint density at radius 1 is 1.35 bits per heavy atom. The van der Waals surface area contributed by atoms with Crippen LogP contribution in [0.2, 0.25) is 0 Å². The maximum Gasteiger partial charge on any atom is 0.269 e. The molecule has 92 valence electrons. The molecule has 6 heteroatoms. The van der Waals surface area contributed by atoms with Gasteiger partial charge in [0.25, 0.3) is 11.6 Å². The van der Waals surface area contributed by atoms with E-state index in [0.717, 1.165) is 0 Å². The van der Waals surface area contributed by atoms with Crippen LogP contribution >= 0.6 is 0 Å². The molecule has 1 aromatic rings. The van der Waals surface area contributed by atoms with E-state index in [0.29, 0.717) is 5.69 Å². The first-order valence-electron chi connectivity index (χ1n) is 4.98. The van der Waals surface area contributed by atoms with E-state index in [1.807, 2.05) is 0 Å². The molecule has 0 heterocycles. The number of nitro groups is 1. The number of carbonyl (C=O) groups is 1. The second kappa shape index (κ2) is 4.50. The molecule has 0 aliphatic heterocycles. The van der Waals surface area contributed by atoms with Crippen LogP contribution < -0.4 is 4.90 Å². The predicted octanol–water partition coefficient (Wildman–Crippen LogP) is 1.33. The van der Waals surface area contributed by atoms with E-state index in [-0.39, 0.29) is 5.69 Å². The zero-order valence-electron chi connectivity index (χ0n) is 9.88. The Morgan fingerprint density at radius 3 is 2.18 bits per heavy atom. The molecule has 0 unspecified atom stereocenters. The van der Waals surface area contributed by atoms with Gasteiger partial charge in [-0.25, -0.2) is 0 Å². The number of hydrogen-bond acceptors (Lipinski definition) is 4. The minimum absolute atomic E-state index is 0.0437. The van der Waals surface area contributed by atoms with Crippen LogP contribution in [0.25, 0.3) is 0 Å². The molecule has 0 aliphatic rings. The highest BCUT2D eigenvalue weighted by Gasteiger charge is 2.28. The van der Waals surface area contributed by atoms with Gasteiger partial charge in [-0.1, -0.05) is 0 Å². The molecule has 1 rings (SSSR count). The Hall–Kier alpha value is -1.95. The van der Waals surface area contributed by atoms with Crippen LogP contribution in [-0.4, -0.2) is 28.6 Å². The maximum atomic E-state index is 11.7. The second-order valence-corrected chi connectivity index (χ2v) is 4.20. The lowest BCUT2D eigenvalue weighted by molar-refractivity contribution is -0.384. The number of rotatable bonds is 3. The van der Waals surface area contributed by atoms with Gasteiger partial charge >= 0.3 is 0 Å². The van der Waals surface area contributed by atoms with Crippen LogP contribution in [0.1, 0.15) is 13.8 Å². The fourth-order valence-electron chi connectivity index (χ4n) is 1.33. The van der Waals surface area contributed by atoms with E-state index >= 15 is 0 Å². The molecule has 1 amide bonds. The van der Waals surface area contributed by atoms with Gasteiger partial charge in [-0.2, -0.15) is 0 Å². The quantitative estimate of drug-likeness (QED) is 0.636. The predicted molar refractivity (Wildman–Crippen MR) is 62.8 cm³/mol. The number of hydrogen-bond donors (Lipinski definition) is 1. The lowest BCUT2D eigenvalue weighted by Gasteiger charge is -2.24. The zero-order valence-corrected chi connectivity index (χ0v) is 9.88. The summed E-state index contributed by atoms with van der Waals surface area (Å²) in [5, 5.41) is 20.0. The molecule has 17 heavy (non-hydrogen) atoms. The molecule has 0 fully saturated rings. The molecule has 0 atom stereocenters. The first kappa shape index (κ1) is 13.1. The van der Waals surface area contributed by atoms with Crippen molar-refractivity contribution in [1.82, 2.24) is 0 Å². The van der Waals surface area contributed by atoms with Crippen molar-refractivity contribution < 1.29 is 14.8 Å². The van der Waals surface area contributed by atoms with E-state index in [2.05, 4.69) is 0 Å². The van der Waals surface area contributed by atoms with Crippen LogP contribution in [0, 0.1) is 10.1 Å². The van der Waals surface area contributed by atoms with Crippen molar-refractivity contribution in [3.05, 3.63) is 34.4 Å². The summed E-state index contributed by atoms with van der Waals surface area (Å²) >= 11 is 0. The summed E-state index contributed by atoms with van der Waals surface area (Å²) in [6.45, 7) is 2.77. The maximum absolute atomic E-state index is 11.7. The van der Waals surface area contributed by atoms with E-state index in [1.165, 1.54) is 50.1 Å². The lowest BCUT2D eigenvalue weighted by atomic mass is 10.1. The SMILES string of the molecule is CN(C(=O)C(C)(C)O)c1ccc([N+](=O)[O-])cc1. The van der Waals surface area contributed by atoms with E-state index in [1.54, 1.807) is 0 Å². The third-order valence-corrected chi connectivity index (χ3v) is 2.28. The third-order valence-electron chi connectivity index (χ3n) is 2.28. The number of aliphatic hydroxyl groups is 1. The molecule has 0 radical (unpaired) electrons. The summed E-state index contributed by atoms with van der Waals surface area (Å²) < 4.78 is 0. The average Bonchev–Trinajstić information content (AvgIpc) is 2.26. The summed E-state index contributed by atoms with van der Waals surface area (Å²) in [5.41, 5.74) is -1.03. The van der Waals surface area contributed by atoms with Gasteiger partial charge in [0.1, 0.15) is 5.60 Å². The lowest BCUT2D eigenvalue weighted by Crippen LogP contribution is -2.43. The second-order valence-electron chi connectivity index (χ2n) is 4.20. The summed E-state index contributed by atoms with van der Waals surface area (Å²) in [5.74, 6) is -0.480. The number of likely N-dealkylation sites (N-methyl/N-ethyl adjacent to an activating group) is 1. The monoisotopic (exact) mass is 238 g/mol. The van der Waals surface area contributed by atoms with Crippen molar-refractivity contribution in [1.29, 1.82) is 0 Å². The molecule has 6 nitrogen and oxygen atoms in total. The van der Waals surface area contributed by atoms with Gasteiger partial charge < -0.3 is 10.0 Å². The zero-order chi connectivity index (χ0) is 13.2. The first-order valence-corrected chi connectivity index (χ1v) is 4.98. The van der Waals surface area contributed by atoms with E-state index < -0.39 is 16.4 Å². The van der Waals surface area contributed by atoms with Crippen molar-refractivity contribution in [2.45, 2.75) is 19.4 Å². The molecular formula is C11H14N2O4. The van der Waals surface area contributed by atoms with Gasteiger partial charge in [-0.15, -0.1) is 0 Å². The Kier molecular flexibility index (Phi) is 3.47. The Bertz CT molecular complexity index is 434. The van der Waals surface area contributed by atoms with Gasteiger partial charge in [-0.3, -0.25) is 14.9 Å². The fraction of sp³-hybridized carbons (Fsp3) is 0.364. The summed E-state index contributed by atoms with van der Waals surface area (Å²) in [7, 11) is 1.50. The molecule has 0 aromatic heterocycles. The van der Waals surface area contributed by atoms with Crippen LogP contribution in [0.3, 0.4) is 0 Å². The standard InChI is InChI=1S/C11H14N2O4/c1-11(2,15)10(14)12(3)8-4-6-9(7-5-8)13(16)17/h4-7,15H,1-3H3. The number of amides is 1. The fourth-order valence-corrected chi connectivity index (χ4v) is 1.33. The normalized spacial score (nSPS) is 11.1. The van der Waals surface area contributed by atoms with E-state index in [4.69, 9.17) is 0 Å². The summed E-state index contributed by atoms with van der Waals surface area (Å²) in [6, 6.07) is 5.54. The van der Waals surface area contributed by atoms with Crippen molar-refractivity contribution in [3.63, 3.8) is 0 Å². The van der Waals surface area contributed by atoms with Crippen molar-refractivity contribution in [3.8, 4) is 0 Å². The van der Waals surface area contributed by atoms with Crippen molar-refractivity contribution in [2.75, 3.05) is 11.9 Å². The number of benzene rings is 1. The Morgan fingerprint density at radius 2 is 1.82 bits per heavy atom. The van der Waals surface area contributed by atoms with Crippen LogP contribution in [-0.2, 0) is 4.79 Å². The Balaban J connectivity index is 2.94. The van der Waals surface area contributed by atoms with Crippen LogP contribution in [0.5, 0.6) is 0 Å². The topological polar surface area (TPSA) is 83.7 Å². The largest absolute Gasteiger partial charge is 0.381 e. The van der Waals surface area contributed by atoms with Crippen LogP contribution in [0.15, 0.2) is 24.3 Å². The minimum Gasteiger partial charge on any atom is -0.381 e. The average molecular weight is 238 g/mol. The molecule has 1 aromatic carbocycles. The van der Waals surface area contributed by atoms with Gasteiger partial charge in [0.15, 0.2) is 0 Å². The highest BCUT2D eigenvalue weighted by atomic mass is 16.6. The van der Waals surface area contributed by atoms with Gasteiger partial charge in [-0.05, 0) is 26.0 Å². The molecule has 0 saturated heterocycles. The minimum atomic E-state index is -1.48. The van der Waals surface area contributed by atoms with Gasteiger partial charge in [0, 0.05) is 24.9 Å². The molecule has 0 saturated carbocycles. The molecule has 0 bridgehead atoms. The molecule has 0 aliphatic carbocycles. The Labute approximate surface area is 98.6 Å². The number of anilines is 1. The highest BCUT2D eigenvalue weighted by molar-refractivity contribution is 5.98. The van der Waals surface area contributed by atoms with Crippen molar-refractivity contribution in [2.24, 2.45) is 0 Å².